The van der Waals surface area contributed by atoms with E-state index in [2.05, 4.69) is 265 Å². The molecule has 2 nitrogen and oxygen atoms in total. The highest BCUT2D eigenvalue weighted by Crippen LogP contribution is 2.58. The third-order valence-corrected chi connectivity index (χ3v) is 13.8. The number of aromatic amines is 2. The van der Waals surface area contributed by atoms with Gasteiger partial charge in [-0.3, -0.25) is 0 Å². The lowest BCUT2D eigenvalue weighted by Crippen LogP contribution is -2.03. The van der Waals surface area contributed by atoms with Gasteiger partial charge in [-0.25, -0.2) is 0 Å². The van der Waals surface area contributed by atoms with Gasteiger partial charge in [-0.2, -0.15) is 0 Å². The highest BCUT2D eigenvalue weighted by Gasteiger charge is 2.31. The summed E-state index contributed by atoms with van der Waals surface area (Å²) in [7, 11) is 0. The van der Waals surface area contributed by atoms with Crippen LogP contribution in [0.5, 0.6) is 0 Å². The summed E-state index contributed by atoms with van der Waals surface area (Å²) in [6.07, 6.45) is 0. The molecule has 0 aliphatic rings. The number of rotatable bonds is 8. The van der Waals surface area contributed by atoms with Crippen molar-refractivity contribution in [2.75, 3.05) is 0 Å². The van der Waals surface area contributed by atoms with Crippen LogP contribution in [0.3, 0.4) is 0 Å². The van der Waals surface area contributed by atoms with E-state index >= 15 is 0 Å². The number of fused-ring (bicyclic) bond motifs is 6. The van der Waals surface area contributed by atoms with Crippen molar-refractivity contribution >= 4 is 43.6 Å². The predicted molar refractivity (Wildman–Crippen MR) is 289 cm³/mol. The summed E-state index contributed by atoms with van der Waals surface area (Å²) in [6.45, 7) is 0. The normalized spacial score (nSPS) is 11.5. The Balaban J connectivity index is 1.28. The molecule has 0 fully saturated rings. The van der Waals surface area contributed by atoms with E-state index in [1.807, 2.05) is 0 Å². The Morgan fingerprint density at radius 3 is 0.809 bits per heavy atom. The van der Waals surface area contributed by atoms with Crippen molar-refractivity contribution in [2.24, 2.45) is 0 Å². The van der Waals surface area contributed by atoms with Crippen molar-refractivity contribution in [3.8, 4) is 89.0 Å². The maximum absolute atomic E-state index is 3.88. The SMILES string of the molecule is c1ccc(-c2c(-c3ccccc3)c(-c3ccccc3)c(-c3ccccc3-c3cccc4c3[nH]c3ccccc34)c(-c3ccccc3-c3cccc4c3[nH]c3ccccc34)c2-c2ccccc2)cc1. The maximum atomic E-state index is 3.88. The Bertz CT molecular complexity index is 3730. The first-order valence-corrected chi connectivity index (χ1v) is 23.4. The van der Waals surface area contributed by atoms with Gasteiger partial charge in [0.1, 0.15) is 0 Å². The van der Waals surface area contributed by atoms with Gasteiger partial charge in [0.05, 0.1) is 11.0 Å². The zero-order chi connectivity index (χ0) is 45.0. The Hall–Kier alpha value is -8.98. The zero-order valence-electron chi connectivity index (χ0n) is 37.2. The molecule has 13 aromatic rings. The van der Waals surface area contributed by atoms with E-state index < -0.39 is 0 Å². The summed E-state index contributed by atoms with van der Waals surface area (Å²) in [5.41, 5.74) is 23.1. The van der Waals surface area contributed by atoms with Crippen LogP contribution in [0.1, 0.15) is 0 Å². The topological polar surface area (TPSA) is 31.6 Å². The molecule has 13 rings (SSSR count). The Labute approximate surface area is 395 Å². The lowest BCUT2D eigenvalue weighted by molar-refractivity contribution is 1.50. The number of hydrogen-bond donors (Lipinski definition) is 2. The summed E-state index contributed by atoms with van der Waals surface area (Å²) in [6, 6.07) is 93.3. The average molecular weight is 865 g/mol. The lowest BCUT2D eigenvalue weighted by Gasteiger charge is -2.30. The molecule has 0 atom stereocenters. The molecule has 2 heterocycles. The fourth-order valence-corrected chi connectivity index (χ4v) is 10.9. The molecule has 0 aliphatic heterocycles. The van der Waals surface area contributed by atoms with Gasteiger partial charge >= 0.3 is 0 Å². The van der Waals surface area contributed by atoms with Crippen molar-refractivity contribution in [1.82, 2.24) is 9.97 Å². The van der Waals surface area contributed by atoms with Gasteiger partial charge < -0.3 is 9.97 Å². The summed E-state index contributed by atoms with van der Waals surface area (Å²) < 4.78 is 0. The predicted octanol–water partition coefficient (Wildman–Crippen LogP) is 18.3. The third kappa shape index (κ3) is 6.41. The molecular formula is C66H44N2. The van der Waals surface area contributed by atoms with Crippen LogP contribution in [0.4, 0.5) is 0 Å². The summed E-state index contributed by atoms with van der Waals surface area (Å²) >= 11 is 0. The first-order valence-electron chi connectivity index (χ1n) is 23.4. The van der Waals surface area contributed by atoms with Crippen LogP contribution in [-0.4, -0.2) is 9.97 Å². The number of nitrogens with one attached hydrogen (secondary N) is 2. The van der Waals surface area contributed by atoms with E-state index in [4.69, 9.17) is 0 Å². The van der Waals surface area contributed by atoms with Crippen molar-refractivity contribution in [3.63, 3.8) is 0 Å². The van der Waals surface area contributed by atoms with E-state index in [9.17, 15) is 0 Å². The van der Waals surface area contributed by atoms with Gasteiger partial charge in [0.25, 0.3) is 0 Å². The second-order valence-corrected chi connectivity index (χ2v) is 17.6. The lowest BCUT2D eigenvalue weighted by atomic mass is 9.72. The van der Waals surface area contributed by atoms with E-state index in [1.54, 1.807) is 0 Å². The zero-order valence-corrected chi connectivity index (χ0v) is 37.2. The van der Waals surface area contributed by atoms with E-state index in [0.29, 0.717) is 0 Å². The van der Waals surface area contributed by atoms with E-state index in [-0.39, 0.29) is 0 Å². The molecule has 68 heavy (non-hydrogen) atoms. The Kier molecular flexibility index (Phi) is 9.54. The minimum Gasteiger partial charge on any atom is -0.354 e. The van der Waals surface area contributed by atoms with Gasteiger partial charge in [0.15, 0.2) is 0 Å². The van der Waals surface area contributed by atoms with Crippen molar-refractivity contribution in [1.29, 1.82) is 0 Å². The molecule has 318 valence electrons. The smallest absolute Gasteiger partial charge is 0.0544 e. The fourth-order valence-electron chi connectivity index (χ4n) is 10.9. The molecule has 0 spiro atoms. The van der Waals surface area contributed by atoms with Crippen LogP contribution in [0.25, 0.3) is 133 Å². The van der Waals surface area contributed by atoms with Crippen molar-refractivity contribution in [3.05, 3.63) is 255 Å². The van der Waals surface area contributed by atoms with Crippen LogP contribution in [0.15, 0.2) is 255 Å². The molecule has 0 unspecified atom stereocenters. The molecule has 2 aromatic heterocycles. The molecule has 0 bridgehead atoms. The van der Waals surface area contributed by atoms with Gasteiger partial charge in [0, 0.05) is 43.7 Å². The molecule has 0 saturated carbocycles. The summed E-state index contributed by atoms with van der Waals surface area (Å²) in [5, 5.41) is 4.86. The summed E-state index contributed by atoms with van der Waals surface area (Å²) in [5.74, 6) is 0. The van der Waals surface area contributed by atoms with Gasteiger partial charge in [-0.15, -0.1) is 0 Å². The average Bonchev–Trinajstić information content (AvgIpc) is 4.00. The molecule has 2 heteroatoms. The van der Waals surface area contributed by atoms with Crippen LogP contribution in [0.2, 0.25) is 0 Å². The second kappa shape index (κ2) is 16.5. The molecule has 2 N–H and O–H groups in total. The summed E-state index contributed by atoms with van der Waals surface area (Å²) in [4.78, 5) is 7.75. The molecule has 0 amide bonds. The van der Waals surface area contributed by atoms with Crippen LogP contribution < -0.4 is 0 Å². The highest BCUT2D eigenvalue weighted by molar-refractivity contribution is 6.20. The van der Waals surface area contributed by atoms with Gasteiger partial charge in [-0.05, 0) is 90.0 Å². The molecule has 11 aromatic carbocycles. The molecular weight excluding hydrogens is 821 g/mol. The first-order chi connectivity index (χ1) is 33.8. The van der Waals surface area contributed by atoms with Crippen LogP contribution in [-0.2, 0) is 0 Å². The number of aromatic nitrogens is 2. The standard InChI is InChI=1S/C66H44N2/c1-5-23-43(24-6-1)59-60(44-25-7-2-8-26-44)62(46-29-11-4-12-30-46)64(52-36-16-14-32-48(52)54-38-22-40-56-50-34-18-20-42-58(50)68-66(54)56)63(61(59)45-27-9-3-10-28-45)51-35-15-13-31-47(51)53-37-21-39-55-49-33-17-19-41-57(49)67-65(53)55/h1-42,67-68H. The first kappa shape index (κ1) is 39.4. The van der Waals surface area contributed by atoms with Gasteiger partial charge in [0.2, 0.25) is 0 Å². The number of para-hydroxylation sites is 4. The van der Waals surface area contributed by atoms with Crippen molar-refractivity contribution < 1.29 is 0 Å². The quantitative estimate of drug-likeness (QED) is 0.153. The highest BCUT2D eigenvalue weighted by atomic mass is 14.7. The largest absolute Gasteiger partial charge is 0.354 e. The minimum absolute atomic E-state index is 1.13. The monoisotopic (exact) mass is 864 g/mol. The minimum atomic E-state index is 1.13. The number of H-pyrrole nitrogens is 2. The van der Waals surface area contributed by atoms with Gasteiger partial charge in [-0.1, -0.05) is 243 Å². The molecule has 0 radical (unpaired) electrons. The van der Waals surface area contributed by atoms with Crippen molar-refractivity contribution in [2.45, 2.75) is 0 Å². The van der Waals surface area contributed by atoms with Crippen LogP contribution >= 0.6 is 0 Å². The number of hydrogen-bond acceptors (Lipinski definition) is 0. The number of benzene rings is 11. The third-order valence-electron chi connectivity index (χ3n) is 13.8. The maximum Gasteiger partial charge on any atom is 0.0544 e. The Morgan fingerprint density at radius 1 is 0.176 bits per heavy atom. The fraction of sp³-hybridized carbons (Fsp3) is 0. The van der Waals surface area contributed by atoms with E-state index in [0.717, 1.165) is 77.7 Å². The Morgan fingerprint density at radius 2 is 0.441 bits per heavy atom. The van der Waals surface area contributed by atoms with Crippen LogP contribution in [0, 0.1) is 0 Å². The molecule has 0 saturated heterocycles. The molecule has 0 aliphatic carbocycles. The second-order valence-electron chi connectivity index (χ2n) is 17.6. The van der Waals surface area contributed by atoms with E-state index in [1.165, 1.54) is 54.9 Å².